The van der Waals surface area contributed by atoms with Crippen molar-refractivity contribution in [1.82, 2.24) is 16.0 Å². The smallest absolute Gasteiger partial charge is 0.326 e. The number of amides is 5. The summed E-state index contributed by atoms with van der Waals surface area (Å²) < 4.78 is 0. The molecule has 5 amide bonds. The van der Waals surface area contributed by atoms with Gasteiger partial charge < -0.3 is 54.8 Å². The minimum atomic E-state index is -1.52. The second-order valence-electron chi connectivity index (χ2n) is 7.77. The van der Waals surface area contributed by atoms with E-state index in [-0.39, 0.29) is 44.6 Å². The molecule has 0 aliphatic rings. The average molecular weight is 518 g/mol. The molecule has 0 aromatic heterocycles. The highest BCUT2D eigenvalue weighted by molar-refractivity contribution is 5.94. The van der Waals surface area contributed by atoms with Crippen molar-refractivity contribution >= 4 is 41.5 Å². The number of aliphatic hydroxyl groups is 1. The SMILES string of the molecule is NC(=O)CCC(NC(=O)C(CCC(N)=O)NC(=O)C(CO)NC(=O)C(N)CCCN=C(N)N)C(=O)O. The number of aliphatic carboxylic acids is 1. The van der Waals surface area contributed by atoms with Crippen molar-refractivity contribution < 1.29 is 39.0 Å². The number of hydrogen-bond donors (Lipinski definition) is 10. The molecule has 0 saturated heterocycles. The molecule has 0 saturated carbocycles. The van der Waals surface area contributed by atoms with Crippen LogP contribution in [0, 0.1) is 0 Å². The molecule has 0 heterocycles. The van der Waals surface area contributed by atoms with E-state index >= 15 is 0 Å². The van der Waals surface area contributed by atoms with Crippen molar-refractivity contribution in [3.8, 4) is 0 Å². The van der Waals surface area contributed by atoms with Gasteiger partial charge in [0.1, 0.15) is 18.1 Å². The Labute approximate surface area is 206 Å². The lowest BCUT2D eigenvalue weighted by Gasteiger charge is -2.24. The van der Waals surface area contributed by atoms with E-state index in [0.29, 0.717) is 6.42 Å². The van der Waals surface area contributed by atoms with Crippen LogP contribution in [0.15, 0.2) is 4.99 Å². The zero-order valence-corrected chi connectivity index (χ0v) is 19.6. The van der Waals surface area contributed by atoms with Crippen LogP contribution in [-0.2, 0) is 28.8 Å². The monoisotopic (exact) mass is 517 g/mol. The molecule has 0 radical (unpaired) electrons. The van der Waals surface area contributed by atoms with Crippen LogP contribution >= 0.6 is 0 Å². The maximum absolute atomic E-state index is 12.6. The number of rotatable bonds is 18. The molecule has 0 aromatic rings. The van der Waals surface area contributed by atoms with Crippen LogP contribution in [0.4, 0.5) is 0 Å². The Bertz CT molecular complexity index is 832. The van der Waals surface area contributed by atoms with Gasteiger partial charge in [-0.15, -0.1) is 0 Å². The molecule has 0 aromatic carbocycles. The Kier molecular flexibility index (Phi) is 14.8. The maximum atomic E-state index is 12.6. The number of aliphatic imine (C=N–C) groups is 1. The number of hydrogen-bond acceptors (Lipinski definition) is 9. The average Bonchev–Trinajstić information content (AvgIpc) is 2.79. The van der Waals surface area contributed by atoms with Gasteiger partial charge in [-0.1, -0.05) is 0 Å². The highest BCUT2D eigenvalue weighted by Gasteiger charge is 2.30. The fourth-order valence-electron chi connectivity index (χ4n) is 2.77. The minimum Gasteiger partial charge on any atom is -0.480 e. The van der Waals surface area contributed by atoms with Gasteiger partial charge in [0, 0.05) is 19.4 Å². The molecular weight excluding hydrogens is 482 g/mol. The van der Waals surface area contributed by atoms with E-state index in [1.807, 2.05) is 0 Å². The summed E-state index contributed by atoms with van der Waals surface area (Å²) in [4.78, 5) is 74.8. The summed E-state index contributed by atoms with van der Waals surface area (Å²) in [5.41, 5.74) is 26.2. The van der Waals surface area contributed by atoms with Crippen molar-refractivity contribution in [2.24, 2.45) is 33.7 Å². The molecular formula is C19H35N9O8. The molecule has 4 unspecified atom stereocenters. The zero-order valence-electron chi connectivity index (χ0n) is 19.6. The molecule has 15 N–H and O–H groups in total. The molecule has 0 bridgehead atoms. The number of nitrogens with one attached hydrogen (secondary N) is 3. The normalized spacial score (nSPS) is 13.8. The summed E-state index contributed by atoms with van der Waals surface area (Å²) in [6.45, 7) is -0.639. The van der Waals surface area contributed by atoms with Gasteiger partial charge in [-0.25, -0.2) is 4.79 Å². The van der Waals surface area contributed by atoms with Gasteiger partial charge in [-0.2, -0.15) is 0 Å². The number of primary amides is 2. The molecule has 204 valence electrons. The fraction of sp³-hybridized carbons (Fsp3) is 0.632. The fourth-order valence-corrected chi connectivity index (χ4v) is 2.77. The second kappa shape index (κ2) is 16.6. The Morgan fingerprint density at radius 3 is 1.67 bits per heavy atom. The summed E-state index contributed by atoms with van der Waals surface area (Å²) >= 11 is 0. The van der Waals surface area contributed by atoms with Gasteiger partial charge >= 0.3 is 5.97 Å². The summed E-state index contributed by atoms with van der Waals surface area (Å²) in [6.07, 6.45) is -0.796. The molecule has 0 aliphatic heterocycles. The number of carbonyl (C=O) groups excluding carboxylic acids is 5. The Balaban J connectivity index is 5.25. The first-order valence-electron chi connectivity index (χ1n) is 10.9. The Morgan fingerprint density at radius 1 is 0.722 bits per heavy atom. The first-order valence-corrected chi connectivity index (χ1v) is 10.9. The third-order valence-corrected chi connectivity index (χ3v) is 4.73. The van der Waals surface area contributed by atoms with Crippen LogP contribution in [0.3, 0.4) is 0 Å². The molecule has 17 nitrogen and oxygen atoms in total. The van der Waals surface area contributed by atoms with Crippen LogP contribution in [0.5, 0.6) is 0 Å². The summed E-state index contributed by atoms with van der Waals surface area (Å²) in [5.74, 6) is -5.95. The molecule has 36 heavy (non-hydrogen) atoms. The lowest BCUT2D eigenvalue weighted by Crippen LogP contribution is -2.58. The lowest BCUT2D eigenvalue weighted by molar-refractivity contribution is -0.142. The third kappa shape index (κ3) is 13.7. The van der Waals surface area contributed by atoms with Gasteiger partial charge in [0.05, 0.1) is 12.6 Å². The van der Waals surface area contributed by atoms with Gasteiger partial charge in [-0.3, -0.25) is 29.0 Å². The van der Waals surface area contributed by atoms with E-state index in [4.69, 9.17) is 28.7 Å². The lowest BCUT2D eigenvalue weighted by atomic mass is 10.1. The van der Waals surface area contributed by atoms with Gasteiger partial charge in [0.15, 0.2) is 5.96 Å². The predicted molar refractivity (Wildman–Crippen MR) is 125 cm³/mol. The van der Waals surface area contributed by atoms with E-state index in [2.05, 4.69) is 20.9 Å². The van der Waals surface area contributed by atoms with Crippen LogP contribution in [0.25, 0.3) is 0 Å². The number of carboxylic acids is 1. The predicted octanol–water partition coefficient (Wildman–Crippen LogP) is -5.57. The van der Waals surface area contributed by atoms with E-state index in [1.165, 1.54) is 0 Å². The molecule has 0 rings (SSSR count). The Morgan fingerprint density at radius 2 is 1.19 bits per heavy atom. The number of carbonyl (C=O) groups is 6. The molecule has 4 atom stereocenters. The first-order chi connectivity index (χ1) is 16.8. The van der Waals surface area contributed by atoms with Crippen molar-refractivity contribution in [2.45, 2.75) is 62.7 Å². The van der Waals surface area contributed by atoms with Crippen LogP contribution in [0.2, 0.25) is 0 Å². The highest BCUT2D eigenvalue weighted by Crippen LogP contribution is 2.04. The molecule has 17 heteroatoms. The van der Waals surface area contributed by atoms with Crippen molar-refractivity contribution in [3.63, 3.8) is 0 Å². The second-order valence-corrected chi connectivity index (χ2v) is 7.77. The Hall–Kier alpha value is -3.99. The van der Waals surface area contributed by atoms with Crippen LogP contribution in [-0.4, -0.2) is 89.0 Å². The van der Waals surface area contributed by atoms with Crippen molar-refractivity contribution in [2.75, 3.05) is 13.2 Å². The van der Waals surface area contributed by atoms with Gasteiger partial charge in [-0.05, 0) is 25.7 Å². The van der Waals surface area contributed by atoms with Crippen LogP contribution < -0.4 is 44.6 Å². The highest BCUT2D eigenvalue weighted by atomic mass is 16.4. The summed E-state index contributed by atoms with van der Waals surface area (Å²) in [5, 5.41) is 25.4. The van der Waals surface area contributed by atoms with E-state index in [0.717, 1.165) is 0 Å². The number of nitrogens with two attached hydrogens (primary N) is 5. The largest absolute Gasteiger partial charge is 0.480 e. The van der Waals surface area contributed by atoms with Crippen molar-refractivity contribution in [1.29, 1.82) is 0 Å². The third-order valence-electron chi connectivity index (χ3n) is 4.73. The van der Waals surface area contributed by atoms with E-state index in [9.17, 15) is 39.0 Å². The standard InChI is InChI=1S/C19H35N9O8/c20-9(2-1-7-25-19(23)24)15(32)28-12(8-29)17(34)26-10(3-5-13(21)30)16(33)27-11(18(35)36)4-6-14(22)31/h9-12,29H,1-8,20H2,(H2,21,30)(H2,22,31)(H,26,34)(H,27,33)(H,28,32)(H,35,36)(H4,23,24,25). The van der Waals surface area contributed by atoms with Gasteiger partial charge in [0.2, 0.25) is 29.5 Å². The zero-order chi connectivity index (χ0) is 27.8. The first kappa shape index (κ1) is 32.0. The number of guanidine groups is 1. The quantitative estimate of drug-likeness (QED) is 0.0464. The topological polar surface area (TPSA) is 321 Å². The molecule has 0 spiro atoms. The van der Waals surface area contributed by atoms with E-state index < -0.39 is 66.3 Å². The number of aliphatic hydroxyl groups excluding tert-OH is 1. The van der Waals surface area contributed by atoms with Crippen molar-refractivity contribution in [3.05, 3.63) is 0 Å². The minimum absolute atomic E-state index is 0.123. The maximum Gasteiger partial charge on any atom is 0.326 e. The van der Waals surface area contributed by atoms with E-state index in [1.54, 1.807) is 0 Å². The number of carboxylic acid groups (broad SMARTS) is 1. The summed E-state index contributed by atoms with van der Waals surface area (Å²) in [7, 11) is 0. The summed E-state index contributed by atoms with van der Waals surface area (Å²) in [6, 6.07) is -5.55. The number of nitrogens with zero attached hydrogens (tertiary/aromatic N) is 1. The molecule has 0 fully saturated rings. The van der Waals surface area contributed by atoms with Gasteiger partial charge in [0.25, 0.3) is 0 Å². The molecule has 0 aliphatic carbocycles. The van der Waals surface area contributed by atoms with Crippen LogP contribution in [0.1, 0.15) is 38.5 Å².